The zero-order valence-corrected chi connectivity index (χ0v) is 16.0. The van der Waals surface area contributed by atoms with Gasteiger partial charge >= 0.3 is 11.9 Å². The molecule has 1 aromatic rings. The molecule has 1 aromatic heterocycles. The molecular formula is C16H22N4O6S. The monoisotopic (exact) mass is 398 g/mol. The van der Waals surface area contributed by atoms with Crippen molar-refractivity contribution in [2.45, 2.75) is 68.6 Å². The van der Waals surface area contributed by atoms with Gasteiger partial charge in [-0.2, -0.15) is 4.98 Å². The van der Waals surface area contributed by atoms with Crippen LogP contribution in [0.2, 0.25) is 0 Å². The van der Waals surface area contributed by atoms with Crippen LogP contribution in [0.25, 0.3) is 0 Å². The van der Waals surface area contributed by atoms with E-state index in [0.717, 1.165) is 11.8 Å². The fourth-order valence-corrected chi connectivity index (χ4v) is 4.20. The van der Waals surface area contributed by atoms with Gasteiger partial charge in [-0.15, -0.1) is 0 Å². The molecule has 148 valence electrons. The van der Waals surface area contributed by atoms with Gasteiger partial charge in [0.15, 0.2) is 17.6 Å². The number of carbonyl (C=O) groups excluding carboxylic acids is 2. The number of aliphatic hydroxyl groups excluding tert-OH is 1. The molecule has 5 atom stereocenters. The van der Waals surface area contributed by atoms with Gasteiger partial charge in [0.05, 0.1) is 4.90 Å². The van der Waals surface area contributed by atoms with Crippen molar-refractivity contribution in [3.8, 4) is 0 Å². The van der Waals surface area contributed by atoms with Crippen LogP contribution in [0.3, 0.4) is 0 Å². The van der Waals surface area contributed by atoms with Crippen LogP contribution in [0.15, 0.2) is 11.1 Å². The number of esters is 2. The Kier molecular flexibility index (Phi) is 5.72. The molecule has 0 aliphatic carbocycles. The van der Waals surface area contributed by atoms with Crippen molar-refractivity contribution >= 4 is 35.5 Å². The summed E-state index contributed by atoms with van der Waals surface area (Å²) in [5, 5.41) is 10.5. The van der Waals surface area contributed by atoms with Gasteiger partial charge in [-0.1, -0.05) is 18.7 Å². The molecule has 1 unspecified atom stereocenters. The van der Waals surface area contributed by atoms with Crippen LogP contribution in [0.4, 0.5) is 11.8 Å². The Bertz CT molecular complexity index is 735. The van der Waals surface area contributed by atoms with Crippen LogP contribution in [0, 0.1) is 0 Å². The molecule has 10 nitrogen and oxygen atoms in total. The number of ether oxygens (including phenoxy) is 3. The maximum absolute atomic E-state index is 11.6. The molecule has 27 heavy (non-hydrogen) atoms. The third-order valence-corrected chi connectivity index (χ3v) is 5.27. The molecular weight excluding hydrogens is 376 g/mol. The van der Waals surface area contributed by atoms with Crippen molar-refractivity contribution in [3.63, 3.8) is 0 Å². The number of nitrogen functional groups attached to an aromatic ring is 1. The quantitative estimate of drug-likeness (QED) is 0.676. The topological polar surface area (TPSA) is 137 Å². The van der Waals surface area contributed by atoms with E-state index >= 15 is 0 Å². The summed E-state index contributed by atoms with van der Waals surface area (Å²) in [5.74, 6) is -0.430. The summed E-state index contributed by atoms with van der Waals surface area (Å²) < 4.78 is 16.8. The van der Waals surface area contributed by atoms with E-state index in [4.69, 9.17) is 19.9 Å². The lowest BCUT2D eigenvalue weighted by Gasteiger charge is -2.31. The van der Waals surface area contributed by atoms with E-state index in [1.807, 2.05) is 6.92 Å². The van der Waals surface area contributed by atoms with Gasteiger partial charge < -0.3 is 25.1 Å². The van der Waals surface area contributed by atoms with Crippen molar-refractivity contribution in [2.24, 2.45) is 0 Å². The summed E-state index contributed by atoms with van der Waals surface area (Å²) >= 11 is 1.14. The lowest BCUT2D eigenvalue weighted by Crippen LogP contribution is -2.47. The van der Waals surface area contributed by atoms with Crippen LogP contribution < -0.4 is 10.6 Å². The second-order valence-electron chi connectivity index (χ2n) is 6.27. The molecule has 0 spiro atoms. The van der Waals surface area contributed by atoms with Gasteiger partial charge in [0.1, 0.15) is 18.3 Å². The summed E-state index contributed by atoms with van der Waals surface area (Å²) in [6.45, 7) is 4.50. The lowest BCUT2D eigenvalue weighted by atomic mass is 10.1. The molecule has 0 saturated carbocycles. The summed E-state index contributed by atoms with van der Waals surface area (Å²) in [5.41, 5.74) is 4.67. The first-order chi connectivity index (χ1) is 12.8. The molecule has 0 amide bonds. The van der Waals surface area contributed by atoms with Crippen molar-refractivity contribution in [1.29, 1.82) is 0 Å². The van der Waals surface area contributed by atoms with Gasteiger partial charge in [-0.05, 0) is 6.42 Å². The number of carbonyl (C=O) groups is 2. The first-order valence-electron chi connectivity index (χ1n) is 8.55. The number of thioether (sulfide) groups is 1. The fraction of sp³-hybridized carbons (Fsp3) is 0.625. The molecule has 1 fully saturated rings. The number of anilines is 2. The molecule has 0 aromatic carbocycles. The molecule has 2 aliphatic rings. The van der Waals surface area contributed by atoms with Crippen LogP contribution in [-0.4, -0.2) is 57.1 Å². The number of nitrogens with zero attached hydrogens (tertiary/aromatic N) is 3. The zero-order chi connectivity index (χ0) is 19.7. The maximum atomic E-state index is 11.6. The van der Waals surface area contributed by atoms with Crippen molar-refractivity contribution < 1.29 is 28.9 Å². The minimum atomic E-state index is -1.01. The number of rotatable bonds is 5. The van der Waals surface area contributed by atoms with Gasteiger partial charge in [0, 0.05) is 26.5 Å². The van der Waals surface area contributed by atoms with E-state index in [2.05, 4.69) is 9.97 Å². The number of aromatic nitrogens is 2. The SMILES string of the molecule is CC[C@H](OC(C)=O)[C@@H]1C[C@@H](OC(C)=O)[C@H](N2c3nc(N)ncc3SC2O)O1. The van der Waals surface area contributed by atoms with Gasteiger partial charge in [0.25, 0.3) is 0 Å². The van der Waals surface area contributed by atoms with E-state index in [9.17, 15) is 14.7 Å². The minimum Gasteiger partial charge on any atom is -0.460 e. The molecule has 1 saturated heterocycles. The van der Waals surface area contributed by atoms with E-state index < -0.39 is 42.0 Å². The smallest absolute Gasteiger partial charge is 0.303 e. The summed E-state index contributed by atoms with van der Waals surface area (Å²) in [4.78, 5) is 33.2. The number of fused-ring (bicyclic) bond motifs is 1. The molecule has 0 bridgehead atoms. The van der Waals surface area contributed by atoms with Crippen LogP contribution in [-0.2, 0) is 23.8 Å². The van der Waals surface area contributed by atoms with E-state index in [1.165, 1.54) is 24.9 Å². The molecule has 2 aliphatic heterocycles. The Morgan fingerprint density at radius 2 is 2.22 bits per heavy atom. The molecule has 3 rings (SSSR count). The van der Waals surface area contributed by atoms with Crippen molar-refractivity contribution in [3.05, 3.63) is 6.20 Å². The van der Waals surface area contributed by atoms with Crippen LogP contribution in [0.1, 0.15) is 33.6 Å². The number of aliphatic hydroxyl groups is 1. The Labute approximate surface area is 160 Å². The number of nitrogens with two attached hydrogens (primary N) is 1. The Morgan fingerprint density at radius 1 is 1.48 bits per heavy atom. The molecule has 11 heteroatoms. The van der Waals surface area contributed by atoms with Crippen LogP contribution in [0.5, 0.6) is 0 Å². The number of hydrogen-bond acceptors (Lipinski definition) is 11. The van der Waals surface area contributed by atoms with Gasteiger partial charge in [-0.25, -0.2) is 4.98 Å². The third-order valence-electron chi connectivity index (χ3n) is 4.29. The molecule has 0 radical (unpaired) electrons. The van der Waals surface area contributed by atoms with E-state index in [1.54, 1.807) is 0 Å². The highest BCUT2D eigenvalue weighted by atomic mass is 32.2. The Morgan fingerprint density at radius 3 is 2.85 bits per heavy atom. The normalized spacial score (nSPS) is 27.9. The fourth-order valence-electron chi connectivity index (χ4n) is 3.27. The Balaban J connectivity index is 1.89. The number of hydrogen-bond donors (Lipinski definition) is 2. The molecule has 3 N–H and O–H groups in total. The summed E-state index contributed by atoms with van der Waals surface area (Å²) in [6, 6.07) is 0. The van der Waals surface area contributed by atoms with Crippen molar-refractivity contribution in [2.75, 3.05) is 10.6 Å². The Hall–Kier alpha value is -2.11. The maximum Gasteiger partial charge on any atom is 0.303 e. The lowest BCUT2D eigenvalue weighted by molar-refractivity contribution is -0.155. The summed E-state index contributed by atoms with van der Waals surface area (Å²) in [7, 11) is 0. The standard InChI is InChI=1S/C16H22N4O6S/c1-4-9(24-7(2)21)10-5-11(25-8(3)22)14(26-10)20-13-12(27-16(20)23)6-18-15(17)19-13/h6,9-11,14,16,23H,4-5H2,1-3H3,(H2,17,18,19)/t9-,10-,11+,14+,16?/m0/s1. The second kappa shape index (κ2) is 7.87. The third kappa shape index (κ3) is 4.09. The first kappa shape index (κ1) is 19.6. The predicted octanol–water partition coefficient (Wildman–Crippen LogP) is 0.635. The zero-order valence-electron chi connectivity index (χ0n) is 15.2. The van der Waals surface area contributed by atoms with Gasteiger partial charge in [0.2, 0.25) is 5.95 Å². The molecule has 3 heterocycles. The van der Waals surface area contributed by atoms with E-state index in [-0.39, 0.29) is 5.95 Å². The van der Waals surface area contributed by atoms with Crippen LogP contribution >= 0.6 is 11.8 Å². The highest BCUT2D eigenvalue weighted by Crippen LogP contribution is 2.45. The second-order valence-corrected chi connectivity index (χ2v) is 7.37. The van der Waals surface area contributed by atoms with Gasteiger partial charge in [-0.3, -0.25) is 14.5 Å². The average Bonchev–Trinajstić information content (AvgIpc) is 3.11. The van der Waals surface area contributed by atoms with E-state index in [0.29, 0.717) is 23.6 Å². The highest BCUT2D eigenvalue weighted by molar-refractivity contribution is 8.00. The summed E-state index contributed by atoms with van der Waals surface area (Å²) in [6.07, 6.45) is -0.0864. The largest absolute Gasteiger partial charge is 0.460 e. The van der Waals surface area contributed by atoms with Crippen molar-refractivity contribution in [1.82, 2.24) is 9.97 Å². The average molecular weight is 398 g/mol. The highest BCUT2D eigenvalue weighted by Gasteiger charge is 2.49. The predicted molar refractivity (Wildman–Crippen MR) is 95.5 cm³/mol. The minimum absolute atomic E-state index is 0.0541. The first-order valence-corrected chi connectivity index (χ1v) is 9.43.